The Hall–Kier alpha value is -2.65. The molecular formula is C23H26ClFN4O. The number of carbonyl (C=O) groups excluding carboxylic acids is 1. The number of nitrogens with zero attached hydrogens (tertiary/aromatic N) is 3. The maximum Gasteiger partial charge on any atom is 0.256 e. The molecule has 0 saturated heterocycles. The molecule has 0 unspecified atom stereocenters. The number of nitrogens with one attached hydrogen (secondary N) is 1. The van der Waals surface area contributed by atoms with Crippen molar-refractivity contribution < 1.29 is 9.18 Å². The highest BCUT2D eigenvalue weighted by Crippen LogP contribution is 2.29. The predicted octanol–water partition coefficient (Wildman–Crippen LogP) is 5.05. The van der Waals surface area contributed by atoms with Gasteiger partial charge in [0.2, 0.25) is 0 Å². The fourth-order valence-electron chi connectivity index (χ4n) is 3.82. The number of aromatic nitrogens is 1. The third kappa shape index (κ3) is 4.91. The van der Waals surface area contributed by atoms with Crippen molar-refractivity contribution in [2.45, 2.75) is 57.5 Å². The van der Waals surface area contributed by atoms with Gasteiger partial charge in [0.1, 0.15) is 11.9 Å². The van der Waals surface area contributed by atoms with E-state index in [4.69, 9.17) is 16.9 Å². The lowest BCUT2D eigenvalue weighted by Gasteiger charge is -2.36. The van der Waals surface area contributed by atoms with Gasteiger partial charge < -0.3 is 10.2 Å². The molecule has 1 amide bonds. The average molecular weight is 429 g/mol. The van der Waals surface area contributed by atoms with Crippen molar-refractivity contribution in [2.24, 2.45) is 0 Å². The van der Waals surface area contributed by atoms with Crippen LogP contribution in [0.5, 0.6) is 0 Å². The van der Waals surface area contributed by atoms with Gasteiger partial charge in [0.15, 0.2) is 0 Å². The van der Waals surface area contributed by atoms with Crippen LogP contribution in [0, 0.1) is 17.1 Å². The zero-order valence-electron chi connectivity index (χ0n) is 17.5. The van der Waals surface area contributed by atoms with Crippen LogP contribution in [-0.4, -0.2) is 30.0 Å². The highest BCUT2D eigenvalue weighted by molar-refractivity contribution is 6.32. The number of halogens is 2. The highest BCUT2D eigenvalue weighted by Gasteiger charge is 2.26. The van der Waals surface area contributed by atoms with Crippen LogP contribution in [0.3, 0.4) is 0 Å². The van der Waals surface area contributed by atoms with E-state index in [2.05, 4.69) is 21.3 Å². The third-order valence-corrected chi connectivity index (χ3v) is 6.08. The van der Waals surface area contributed by atoms with E-state index in [-0.39, 0.29) is 17.5 Å². The summed E-state index contributed by atoms with van der Waals surface area (Å²) in [6.07, 6.45) is 4.74. The quantitative estimate of drug-likeness (QED) is 0.723. The minimum absolute atomic E-state index is 0.00846. The first-order chi connectivity index (χ1) is 14.3. The monoisotopic (exact) mass is 428 g/mol. The number of hydrogen-bond donors (Lipinski definition) is 1. The molecule has 0 aliphatic heterocycles. The van der Waals surface area contributed by atoms with Crippen LogP contribution >= 0.6 is 11.6 Å². The van der Waals surface area contributed by atoms with E-state index in [1.54, 1.807) is 6.07 Å². The van der Waals surface area contributed by atoms with Gasteiger partial charge in [0.25, 0.3) is 5.91 Å². The smallest absolute Gasteiger partial charge is 0.256 e. The molecule has 0 bridgehead atoms. The molecule has 1 aliphatic rings. The van der Waals surface area contributed by atoms with Crippen LogP contribution in [0.15, 0.2) is 30.5 Å². The van der Waals surface area contributed by atoms with Crippen LogP contribution in [0.4, 0.5) is 10.1 Å². The number of pyridine rings is 1. The molecule has 1 aliphatic carbocycles. The molecule has 2 aromatic rings. The Morgan fingerprint density at radius 1 is 1.30 bits per heavy atom. The minimum atomic E-state index is -0.530. The Labute approximate surface area is 181 Å². The van der Waals surface area contributed by atoms with Gasteiger partial charge >= 0.3 is 0 Å². The number of anilines is 1. The van der Waals surface area contributed by atoms with Crippen LogP contribution in [0.1, 0.15) is 67.1 Å². The van der Waals surface area contributed by atoms with Gasteiger partial charge in [0, 0.05) is 36.7 Å². The van der Waals surface area contributed by atoms with E-state index in [1.165, 1.54) is 12.3 Å². The van der Waals surface area contributed by atoms with E-state index in [0.29, 0.717) is 22.3 Å². The number of nitriles is 1. The van der Waals surface area contributed by atoms with Gasteiger partial charge in [-0.2, -0.15) is 5.26 Å². The summed E-state index contributed by atoms with van der Waals surface area (Å²) in [5.41, 5.74) is 2.05. The zero-order chi connectivity index (χ0) is 21.8. The lowest BCUT2D eigenvalue weighted by atomic mass is 9.90. The van der Waals surface area contributed by atoms with Crippen molar-refractivity contribution in [3.63, 3.8) is 0 Å². The second-order valence-electron chi connectivity index (χ2n) is 8.11. The summed E-state index contributed by atoms with van der Waals surface area (Å²) in [7, 11) is 2.01. The van der Waals surface area contributed by atoms with Crippen molar-refractivity contribution in [1.82, 2.24) is 10.3 Å². The topological polar surface area (TPSA) is 69.0 Å². The van der Waals surface area contributed by atoms with Gasteiger partial charge in [-0.1, -0.05) is 25.4 Å². The normalized spacial score (nSPS) is 18.7. The summed E-state index contributed by atoms with van der Waals surface area (Å²) in [6.45, 7) is 3.87. The van der Waals surface area contributed by atoms with Crippen LogP contribution < -0.4 is 10.2 Å². The first-order valence-corrected chi connectivity index (χ1v) is 10.6. The van der Waals surface area contributed by atoms with Crippen molar-refractivity contribution in [1.29, 1.82) is 5.26 Å². The Morgan fingerprint density at radius 3 is 2.57 bits per heavy atom. The number of carbonyl (C=O) groups is 1. The standard InChI is InChI=1S/C23H26ClFN4O/c1-14(2)22-11-21(25)19(13-27-22)23(30)28-16-5-8-17(9-6-16)29(3)18-7-4-15(12-26)20(24)10-18/h4,7,10-11,13-14,16-17H,5-6,8-9H2,1-3H3,(H,28,30)/t16-,17-. The van der Waals surface area contributed by atoms with Gasteiger partial charge in [-0.15, -0.1) is 0 Å². The molecule has 1 fully saturated rings. The van der Waals surface area contributed by atoms with Crippen molar-refractivity contribution in [3.05, 3.63) is 58.1 Å². The molecule has 1 N–H and O–H groups in total. The largest absolute Gasteiger partial charge is 0.372 e. The second-order valence-corrected chi connectivity index (χ2v) is 8.52. The van der Waals surface area contributed by atoms with Gasteiger partial charge in [0.05, 0.1) is 16.1 Å². The molecule has 1 aromatic carbocycles. The summed E-state index contributed by atoms with van der Waals surface area (Å²) in [5, 5.41) is 12.4. The summed E-state index contributed by atoms with van der Waals surface area (Å²) >= 11 is 6.16. The third-order valence-electron chi connectivity index (χ3n) is 5.77. The first-order valence-electron chi connectivity index (χ1n) is 10.2. The van der Waals surface area contributed by atoms with Gasteiger partial charge in [-0.25, -0.2) is 4.39 Å². The fraction of sp³-hybridized carbons (Fsp3) is 0.435. The minimum Gasteiger partial charge on any atom is -0.372 e. The van der Waals surface area contributed by atoms with Crippen LogP contribution in [-0.2, 0) is 0 Å². The number of hydrogen-bond acceptors (Lipinski definition) is 4. The van der Waals surface area contributed by atoms with E-state index in [9.17, 15) is 9.18 Å². The fourth-order valence-corrected chi connectivity index (χ4v) is 4.04. The summed E-state index contributed by atoms with van der Waals surface area (Å²) < 4.78 is 14.3. The van der Waals surface area contributed by atoms with Crippen LogP contribution in [0.2, 0.25) is 5.02 Å². The SMILES string of the molecule is CC(C)c1cc(F)c(C(=O)N[C@H]2CC[C@H](N(C)c3ccc(C#N)c(Cl)c3)CC2)cn1. The molecule has 158 valence electrons. The molecule has 1 saturated carbocycles. The molecule has 0 spiro atoms. The maximum absolute atomic E-state index is 14.3. The Balaban J connectivity index is 1.57. The summed E-state index contributed by atoms with van der Waals surface area (Å²) in [6, 6.07) is 9.17. The zero-order valence-corrected chi connectivity index (χ0v) is 18.2. The predicted molar refractivity (Wildman–Crippen MR) is 116 cm³/mol. The molecular weight excluding hydrogens is 403 g/mol. The molecule has 1 heterocycles. The first kappa shape index (κ1) is 22.0. The average Bonchev–Trinajstić information content (AvgIpc) is 2.73. The van der Waals surface area contributed by atoms with E-state index >= 15 is 0 Å². The summed E-state index contributed by atoms with van der Waals surface area (Å²) in [5.74, 6) is -0.835. The Kier molecular flexibility index (Phi) is 6.94. The molecule has 30 heavy (non-hydrogen) atoms. The van der Waals surface area contributed by atoms with Gasteiger partial charge in [-0.05, 0) is 55.9 Å². The van der Waals surface area contributed by atoms with Crippen molar-refractivity contribution in [3.8, 4) is 6.07 Å². The number of amides is 1. The maximum atomic E-state index is 14.3. The summed E-state index contributed by atoms with van der Waals surface area (Å²) in [4.78, 5) is 18.9. The Morgan fingerprint density at radius 2 is 2.00 bits per heavy atom. The second kappa shape index (κ2) is 9.44. The number of benzene rings is 1. The molecule has 7 heteroatoms. The molecule has 0 radical (unpaired) electrons. The van der Waals surface area contributed by atoms with Crippen molar-refractivity contribution >= 4 is 23.2 Å². The van der Waals surface area contributed by atoms with E-state index < -0.39 is 11.7 Å². The lowest BCUT2D eigenvalue weighted by Crippen LogP contribution is -2.43. The number of rotatable bonds is 5. The molecule has 1 aromatic heterocycles. The highest BCUT2D eigenvalue weighted by atomic mass is 35.5. The molecule has 0 atom stereocenters. The van der Waals surface area contributed by atoms with E-state index in [1.807, 2.05) is 33.0 Å². The lowest BCUT2D eigenvalue weighted by molar-refractivity contribution is 0.0921. The van der Waals surface area contributed by atoms with Crippen LogP contribution in [0.25, 0.3) is 0 Å². The van der Waals surface area contributed by atoms with Gasteiger partial charge in [-0.3, -0.25) is 9.78 Å². The van der Waals surface area contributed by atoms with Crippen molar-refractivity contribution in [2.75, 3.05) is 11.9 Å². The molecule has 3 rings (SSSR count). The Bertz CT molecular complexity index is 964. The molecule has 5 nitrogen and oxygen atoms in total. The van der Waals surface area contributed by atoms with E-state index in [0.717, 1.165) is 31.4 Å².